The molecule has 1 heterocycles. The van der Waals surface area contributed by atoms with Crippen molar-refractivity contribution in [1.82, 2.24) is 0 Å². The molecule has 0 N–H and O–H groups in total. The summed E-state index contributed by atoms with van der Waals surface area (Å²) in [6.07, 6.45) is 12.2. The zero-order chi connectivity index (χ0) is 30.6. The van der Waals surface area contributed by atoms with Gasteiger partial charge in [-0.2, -0.15) is 0 Å². The molecule has 4 heteroatoms. The standard InChI is InChI=1S/C40H33NO2S/c1-25-13-11-12-14-27(25)21-33-26(2)37(42)34(38(33)43)23-31-24-36-39(44-31)32-20-19-30(22-35(32)40(36,3)4)41(28-15-7-5-8-16-28)29-17-9-6-10-18-29/h5-9,11-17,19-24H,1,10,18H2,2-4H3/b27-21-,34-23-. The van der Waals surface area contributed by atoms with Gasteiger partial charge in [0, 0.05) is 43.4 Å². The second-order valence-corrected chi connectivity index (χ2v) is 13.2. The Kier molecular flexibility index (Phi) is 6.83. The summed E-state index contributed by atoms with van der Waals surface area (Å²) in [5, 5.41) is 1.67. The molecule has 3 aliphatic rings. The van der Waals surface area contributed by atoms with E-state index in [2.05, 4.69) is 98.2 Å². The Bertz CT molecular complexity index is 2100. The van der Waals surface area contributed by atoms with Gasteiger partial charge in [-0.05, 0) is 95.5 Å². The molecule has 7 rings (SSSR count). The van der Waals surface area contributed by atoms with Crippen molar-refractivity contribution in [2.45, 2.75) is 39.0 Å². The molecule has 0 amide bonds. The van der Waals surface area contributed by atoms with Crippen LogP contribution in [0.3, 0.4) is 0 Å². The lowest BCUT2D eigenvalue weighted by Gasteiger charge is -2.30. The number of carbonyl (C=O) groups excluding carboxylic acids is 2. The van der Waals surface area contributed by atoms with Crippen molar-refractivity contribution in [3.05, 3.63) is 146 Å². The number of carbonyl (C=O) groups is 2. The molecule has 3 aromatic carbocycles. The lowest BCUT2D eigenvalue weighted by molar-refractivity contribution is -0.115. The SMILES string of the molecule is C=c1cccc/c1=C/C1=C(C)C(=O)/C(=C/c2cc3c(s2)-c2ccc(N(C4=CC=CCC4)c4ccccc4)cc2C3(C)C)C1=O. The van der Waals surface area contributed by atoms with E-state index in [0.29, 0.717) is 11.1 Å². The first-order valence-electron chi connectivity index (χ1n) is 15.0. The lowest BCUT2D eigenvalue weighted by Crippen LogP contribution is -2.22. The van der Waals surface area contributed by atoms with Crippen LogP contribution in [0.1, 0.15) is 49.6 Å². The Morgan fingerprint density at radius 1 is 0.864 bits per heavy atom. The second-order valence-electron chi connectivity index (χ2n) is 12.1. The van der Waals surface area contributed by atoms with Crippen molar-refractivity contribution in [3.63, 3.8) is 0 Å². The van der Waals surface area contributed by atoms with E-state index in [1.54, 1.807) is 30.4 Å². The summed E-state index contributed by atoms with van der Waals surface area (Å²) in [7, 11) is 0. The van der Waals surface area contributed by atoms with Crippen molar-refractivity contribution in [2.24, 2.45) is 0 Å². The summed E-state index contributed by atoms with van der Waals surface area (Å²) in [5.41, 5.74) is 8.26. The topological polar surface area (TPSA) is 37.4 Å². The van der Waals surface area contributed by atoms with Crippen LogP contribution in [0.2, 0.25) is 0 Å². The van der Waals surface area contributed by atoms with Gasteiger partial charge in [0.25, 0.3) is 0 Å². The predicted octanol–water partition coefficient (Wildman–Crippen LogP) is 8.17. The fourth-order valence-corrected chi connectivity index (χ4v) is 7.83. The maximum atomic E-state index is 13.5. The molecule has 0 unspecified atom stereocenters. The molecule has 1 aromatic heterocycles. The number of anilines is 2. The number of benzene rings is 3. The molecule has 0 saturated carbocycles. The molecule has 0 atom stereocenters. The molecule has 0 fully saturated rings. The molecular formula is C40H33NO2S. The van der Waals surface area contributed by atoms with Crippen LogP contribution in [-0.2, 0) is 15.0 Å². The third-order valence-electron chi connectivity index (χ3n) is 9.02. The van der Waals surface area contributed by atoms with Gasteiger partial charge in [0.1, 0.15) is 0 Å². The number of para-hydroxylation sites is 1. The van der Waals surface area contributed by atoms with E-state index in [1.165, 1.54) is 27.3 Å². The maximum absolute atomic E-state index is 13.5. The van der Waals surface area contributed by atoms with Gasteiger partial charge in [0.05, 0.1) is 5.57 Å². The molecule has 4 aromatic rings. The van der Waals surface area contributed by atoms with Crippen molar-refractivity contribution < 1.29 is 9.59 Å². The first-order valence-corrected chi connectivity index (χ1v) is 15.8. The van der Waals surface area contributed by atoms with E-state index in [0.717, 1.165) is 39.5 Å². The first-order chi connectivity index (χ1) is 21.2. The number of ketones is 2. The van der Waals surface area contributed by atoms with Gasteiger partial charge < -0.3 is 4.90 Å². The van der Waals surface area contributed by atoms with Crippen molar-refractivity contribution in [1.29, 1.82) is 0 Å². The number of Topliss-reactive ketones (excluding diaryl/α,β-unsaturated/α-hetero) is 2. The van der Waals surface area contributed by atoms with Crippen molar-refractivity contribution in [2.75, 3.05) is 4.90 Å². The number of hydrogen-bond acceptors (Lipinski definition) is 4. The maximum Gasteiger partial charge on any atom is 0.197 e. The number of nitrogens with zero attached hydrogens (tertiary/aromatic N) is 1. The summed E-state index contributed by atoms with van der Waals surface area (Å²) in [6.45, 7) is 10.3. The molecule has 0 aliphatic heterocycles. The summed E-state index contributed by atoms with van der Waals surface area (Å²) >= 11 is 1.65. The van der Waals surface area contributed by atoms with Gasteiger partial charge in [-0.1, -0.05) is 81.1 Å². The van der Waals surface area contributed by atoms with Crippen LogP contribution in [0.4, 0.5) is 11.4 Å². The molecule has 0 spiro atoms. The van der Waals surface area contributed by atoms with Crippen LogP contribution in [0, 0.1) is 0 Å². The number of rotatable bonds is 5. The predicted molar refractivity (Wildman–Crippen MR) is 183 cm³/mol. The lowest BCUT2D eigenvalue weighted by atomic mass is 9.82. The van der Waals surface area contributed by atoms with E-state index < -0.39 is 0 Å². The second kappa shape index (κ2) is 10.7. The zero-order valence-electron chi connectivity index (χ0n) is 25.2. The quantitative estimate of drug-likeness (QED) is 0.174. The average molecular weight is 592 g/mol. The van der Waals surface area contributed by atoms with Crippen molar-refractivity contribution in [3.8, 4) is 10.4 Å². The van der Waals surface area contributed by atoms with Crippen LogP contribution in [0.25, 0.3) is 29.2 Å². The summed E-state index contributed by atoms with van der Waals surface area (Å²) in [5.74, 6) is -0.421. The molecule has 44 heavy (non-hydrogen) atoms. The largest absolute Gasteiger partial charge is 0.314 e. The Morgan fingerprint density at radius 2 is 1.64 bits per heavy atom. The van der Waals surface area contributed by atoms with Gasteiger partial charge in [0.15, 0.2) is 11.6 Å². The van der Waals surface area contributed by atoms with E-state index >= 15 is 0 Å². The highest BCUT2D eigenvalue weighted by Gasteiger charge is 2.39. The van der Waals surface area contributed by atoms with E-state index in [-0.39, 0.29) is 22.6 Å². The van der Waals surface area contributed by atoms with Crippen LogP contribution in [-0.4, -0.2) is 11.6 Å². The minimum Gasteiger partial charge on any atom is -0.314 e. The summed E-state index contributed by atoms with van der Waals surface area (Å²) in [6, 6.07) is 27.2. The van der Waals surface area contributed by atoms with Gasteiger partial charge in [-0.15, -0.1) is 11.3 Å². The zero-order valence-corrected chi connectivity index (χ0v) is 26.0. The van der Waals surface area contributed by atoms with Gasteiger partial charge in [-0.25, -0.2) is 0 Å². The van der Waals surface area contributed by atoms with E-state index in [4.69, 9.17) is 0 Å². The van der Waals surface area contributed by atoms with Crippen molar-refractivity contribution >= 4 is 53.0 Å². The number of allylic oxidation sites excluding steroid dienone is 7. The Labute approximate surface area is 262 Å². The third kappa shape index (κ3) is 4.58. The molecule has 0 bridgehead atoms. The fraction of sp³-hybridized carbons (Fsp3) is 0.150. The molecule has 0 radical (unpaired) electrons. The minimum atomic E-state index is -0.230. The Hall–Kier alpha value is -4.80. The molecule has 3 aliphatic carbocycles. The number of hydrogen-bond donors (Lipinski definition) is 0. The smallest absolute Gasteiger partial charge is 0.197 e. The van der Waals surface area contributed by atoms with Crippen LogP contribution in [0.5, 0.6) is 0 Å². The van der Waals surface area contributed by atoms with Crippen LogP contribution < -0.4 is 15.3 Å². The third-order valence-corrected chi connectivity index (χ3v) is 10.1. The van der Waals surface area contributed by atoms with E-state index in [1.807, 2.05) is 24.3 Å². The van der Waals surface area contributed by atoms with Gasteiger partial charge in [-0.3, -0.25) is 9.59 Å². The molecule has 216 valence electrons. The fourth-order valence-electron chi connectivity index (χ4n) is 6.53. The van der Waals surface area contributed by atoms with Crippen LogP contribution in [0.15, 0.2) is 120 Å². The van der Waals surface area contributed by atoms with Gasteiger partial charge in [0.2, 0.25) is 0 Å². The molecule has 0 saturated heterocycles. The number of thiophene rings is 1. The summed E-state index contributed by atoms with van der Waals surface area (Å²) in [4.78, 5) is 31.3. The van der Waals surface area contributed by atoms with Gasteiger partial charge >= 0.3 is 0 Å². The highest BCUT2D eigenvalue weighted by atomic mass is 32.1. The normalized spacial score (nSPS) is 18.2. The minimum absolute atomic E-state index is 0.200. The summed E-state index contributed by atoms with van der Waals surface area (Å²) < 4.78 is 0. The highest BCUT2D eigenvalue weighted by molar-refractivity contribution is 7.16. The van der Waals surface area contributed by atoms with E-state index in [9.17, 15) is 9.59 Å². The highest BCUT2D eigenvalue weighted by Crippen LogP contribution is 2.54. The monoisotopic (exact) mass is 591 g/mol. The first kappa shape index (κ1) is 28.0. The number of fused-ring (bicyclic) bond motifs is 3. The Morgan fingerprint density at radius 3 is 2.39 bits per heavy atom. The Balaban J connectivity index is 1.25. The average Bonchev–Trinajstić information content (AvgIpc) is 3.62. The van der Waals surface area contributed by atoms with Crippen LogP contribution >= 0.6 is 11.3 Å². The molecule has 3 nitrogen and oxygen atoms in total. The molecular weight excluding hydrogens is 559 g/mol.